The summed E-state index contributed by atoms with van der Waals surface area (Å²) in [6, 6.07) is 5.03. The van der Waals surface area contributed by atoms with Crippen LogP contribution in [0.25, 0.3) is 0 Å². The second kappa shape index (κ2) is 7.09. The molecule has 0 bridgehead atoms. The number of rotatable bonds is 2. The van der Waals surface area contributed by atoms with Crippen molar-refractivity contribution in [3.05, 3.63) is 29.8 Å². The highest BCUT2D eigenvalue weighted by atomic mass is 32.2. The van der Waals surface area contributed by atoms with Crippen molar-refractivity contribution in [3.63, 3.8) is 0 Å². The number of hydrogen-bond donors (Lipinski definition) is 1. The summed E-state index contributed by atoms with van der Waals surface area (Å²) in [5, 5.41) is 2.11. The Balaban J connectivity index is 2.06. The lowest BCUT2D eigenvalue weighted by Gasteiger charge is -2.28. The van der Waals surface area contributed by atoms with E-state index in [0.29, 0.717) is 18.7 Å². The van der Waals surface area contributed by atoms with E-state index in [-0.39, 0.29) is 17.9 Å². The van der Waals surface area contributed by atoms with Crippen molar-refractivity contribution in [2.75, 3.05) is 24.2 Å². The van der Waals surface area contributed by atoms with E-state index >= 15 is 0 Å². The predicted octanol–water partition coefficient (Wildman–Crippen LogP) is 3.57. The minimum absolute atomic E-state index is 0.0949. The number of halogens is 3. The van der Waals surface area contributed by atoms with E-state index in [0.717, 1.165) is 13.8 Å². The van der Waals surface area contributed by atoms with Gasteiger partial charge in [0, 0.05) is 18.8 Å². The van der Waals surface area contributed by atoms with Gasteiger partial charge in [0.05, 0.1) is 16.4 Å². The lowest BCUT2D eigenvalue weighted by molar-refractivity contribution is -0.180. The van der Waals surface area contributed by atoms with Crippen molar-refractivity contribution < 1.29 is 26.4 Å². The molecule has 0 spiro atoms. The minimum atomic E-state index is -4.38. The highest BCUT2D eigenvalue weighted by Gasteiger charge is 2.48. The Morgan fingerprint density at radius 2 is 1.73 bits per heavy atom. The summed E-state index contributed by atoms with van der Waals surface area (Å²) in [6.45, 7) is 4.22. The molecule has 1 heterocycles. The number of alkyl halides is 3. The van der Waals surface area contributed by atoms with Crippen LogP contribution in [0.1, 0.15) is 32.8 Å². The summed E-state index contributed by atoms with van der Waals surface area (Å²) in [6.07, 6.45) is -4.03. The molecule has 146 valence electrons. The zero-order valence-corrected chi connectivity index (χ0v) is 15.7. The molecule has 2 amide bonds. The van der Waals surface area contributed by atoms with Gasteiger partial charge in [-0.1, -0.05) is 12.1 Å². The number of nitrogens with one attached hydrogen (secondary N) is 1. The highest BCUT2D eigenvalue weighted by Crippen LogP contribution is 2.40. The van der Waals surface area contributed by atoms with Crippen LogP contribution in [0.2, 0.25) is 0 Å². The Hall–Kier alpha value is -1.77. The van der Waals surface area contributed by atoms with Crippen molar-refractivity contribution >= 4 is 21.6 Å². The summed E-state index contributed by atoms with van der Waals surface area (Å²) in [5.74, 6) is -0.0969. The molecule has 26 heavy (non-hydrogen) atoms. The number of nitrogens with zero attached hydrogens (tertiary/aromatic N) is 1. The average Bonchev–Trinajstić information content (AvgIpc) is 2.66. The molecule has 1 aliphatic heterocycles. The zero-order valence-electron chi connectivity index (χ0n) is 14.9. The summed E-state index contributed by atoms with van der Waals surface area (Å²) in [5.41, 5.74) is -1.54. The van der Waals surface area contributed by atoms with Crippen LogP contribution in [0.3, 0.4) is 0 Å². The van der Waals surface area contributed by atoms with Crippen molar-refractivity contribution in [2.24, 2.45) is 0 Å². The van der Waals surface area contributed by atoms with Gasteiger partial charge in [-0.25, -0.2) is 13.2 Å². The van der Waals surface area contributed by atoms with Crippen LogP contribution in [0.15, 0.2) is 24.3 Å². The standard InChI is InChI=1S/C17H23F3N2O3S/c1-12-8-9-22(10-11-26(12,24)25)15(23)21-14-6-4-13(5-7-14)16(2,3)17(18,19)20/h4-7,12H,8-11H2,1-3H3,(H,21,23). The van der Waals surface area contributed by atoms with Crippen molar-refractivity contribution in [3.8, 4) is 0 Å². The maximum absolute atomic E-state index is 13.1. The molecule has 1 aliphatic rings. The molecular weight excluding hydrogens is 369 g/mol. The van der Waals surface area contributed by atoms with E-state index in [1.807, 2.05) is 0 Å². The molecule has 0 radical (unpaired) electrons. The molecule has 1 saturated heterocycles. The summed E-state index contributed by atoms with van der Waals surface area (Å²) in [4.78, 5) is 13.7. The second-order valence-corrected chi connectivity index (χ2v) is 9.62. The number of carbonyl (C=O) groups excluding carboxylic acids is 1. The van der Waals surface area contributed by atoms with E-state index in [9.17, 15) is 26.4 Å². The van der Waals surface area contributed by atoms with Gasteiger partial charge in [-0.15, -0.1) is 0 Å². The molecule has 1 aromatic carbocycles. The first kappa shape index (κ1) is 20.5. The topological polar surface area (TPSA) is 66.5 Å². The van der Waals surface area contributed by atoms with Crippen LogP contribution in [-0.2, 0) is 15.3 Å². The fourth-order valence-electron chi connectivity index (χ4n) is 2.61. The van der Waals surface area contributed by atoms with Crippen LogP contribution in [0.5, 0.6) is 0 Å². The Kier molecular flexibility index (Phi) is 5.60. The molecule has 1 fully saturated rings. The molecular formula is C17H23F3N2O3S. The largest absolute Gasteiger partial charge is 0.397 e. The SMILES string of the molecule is CC1CCN(C(=O)Nc2ccc(C(C)(C)C(F)(F)F)cc2)CCS1(=O)=O. The summed E-state index contributed by atoms with van der Waals surface area (Å²) >= 11 is 0. The van der Waals surface area contributed by atoms with E-state index in [2.05, 4.69) is 5.32 Å². The lowest BCUT2D eigenvalue weighted by atomic mass is 9.84. The van der Waals surface area contributed by atoms with E-state index < -0.39 is 32.7 Å². The number of urea groups is 1. The van der Waals surface area contributed by atoms with Crippen LogP contribution in [0, 0.1) is 0 Å². The average molecular weight is 392 g/mol. The van der Waals surface area contributed by atoms with Gasteiger partial charge in [-0.05, 0) is 44.9 Å². The monoisotopic (exact) mass is 392 g/mol. The fourth-order valence-corrected chi connectivity index (χ4v) is 3.95. The Morgan fingerprint density at radius 1 is 1.15 bits per heavy atom. The van der Waals surface area contributed by atoms with Crippen molar-refractivity contribution in [1.29, 1.82) is 0 Å². The van der Waals surface area contributed by atoms with Gasteiger partial charge in [0.25, 0.3) is 0 Å². The van der Waals surface area contributed by atoms with Gasteiger partial charge in [0.15, 0.2) is 9.84 Å². The lowest BCUT2D eigenvalue weighted by Crippen LogP contribution is -2.37. The van der Waals surface area contributed by atoms with E-state index in [1.54, 1.807) is 6.92 Å². The molecule has 1 unspecified atom stereocenters. The number of anilines is 1. The van der Waals surface area contributed by atoms with Gasteiger partial charge < -0.3 is 10.2 Å². The number of carbonyl (C=O) groups is 1. The van der Waals surface area contributed by atoms with Gasteiger partial charge >= 0.3 is 12.2 Å². The molecule has 9 heteroatoms. The number of benzene rings is 1. The maximum Gasteiger partial charge on any atom is 0.397 e. The third-order valence-corrected chi connectivity index (χ3v) is 7.13. The Morgan fingerprint density at radius 3 is 2.27 bits per heavy atom. The quantitative estimate of drug-likeness (QED) is 0.837. The van der Waals surface area contributed by atoms with Crippen molar-refractivity contribution in [1.82, 2.24) is 4.90 Å². The Bertz CT molecular complexity index is 758. The predicted molar refractivity (Wildman–Crippen MR) is 94.0 cm³/mol. The minimum Gasteiger partial charge on any atom is -0.323 e. The number of sulfone groups is 1. The molecule has 0 aliphatic carbocycles. The zero-order chi connectivity index (χ0) is 19.8. The number of amides is 2. The number of hydrogen-bond acceptors (Lipinski definition) is 3. The maximum atomic E-state index is 13.1. The summed E-state index contributed by atoms with van der Waals surface area (Å²) < 4.78 is 63.0. The van der Waals surface area contributed by atoms with Crippen LogP contribution < -0.4 is 5.32 Å². The molecule has 1 N–H and O–H groups in total. The molecule has 0 aromatic heterocycles. The third-order valence-electron chi connectivity index (χ3n) is 4.92. The van der Waals surface area contributed by atoms with Gasteiger partial charge in [0.2, 0.25) is 0 Å². The first-order valence-electron chi connectivity index (χ1n) is 8.29. The fraction of sp³-hybridized carbons (Fsp3) is 0.588. The molecule has 0 saturated carbocycles. The summed E-state index contributed by atoms with van der Waals surface area (Å²) in [7, 11) is -3.20. The van der Waals surface area contributed by atoms with Gasteiger partial charge in [0.1, 0.15) is 0 Å². The first-order chi connectivity index (χ1) is 11.8. The highest BCUT2D eigenvalue weighted by molar-refractivity contribution is 7.92. The molecule has 1 aromatic rings. The van der Waals surface area contributed by atoms with Crippen LogP contribution in [-0.4, -0.2) is 49.6 Å². The van der Waals surface area contributed by atoms with Crippen LogP contribution >= 0.6 is 0 Å². The van der Waals surface area contributed by atoms with E-state index in [1.165, 1.54) is 29.2 Å². The normalized spacial score (nSPS) is 21.2. The smallest absolute Gasteiger partial charge is 0.323 e. The van der Waals surface area contributed by atoms with Gasteiger partial charge in [-0.3, -0.25) is 0 Å². The van der Waals surface area contributed by atoms with Crippen LogP contribution in [0.4, 0.5) is 23.7 Å². The Labute approximate surface area is 151 Å². The van der Waals surface area contributed by atoms with Crippen molar-refractivity contribution in [2.45, 2.75) is 44.0 Å². The second-order valence-electron chi connectivity index (χ2n) is 7.08. The van der Waals surface area contributed by atoms with Gasteiger partial charge in [-0.2, -0.15) is 13.2 Å². The third kappa shape index (κ3) is 4.31. The first-order valence-corrected chi connectivity index (χ1v) is 10.0. The molecule has 2 rings (SSSR count). The molecule has 5 nitrogen and oxygen atoms in total. The molecule has 1 atom stereocenters. The van der Waals surface area contributed by atoms with E-state index in [4.69, 9.17) is 0 Å².